The molecule has 1 aromatic rings. The zero-order chi connectivity index (χ0) is 11.5. The third-order valence-corrected chi connectivity index (χ3v) is 2.97. The zero-order valence-corrected chi connectivity index (χ0v) is 9.18. The predicted octanol–water partition coefficient (Wildman–Crippen LogP) is 1.63. The van der Waals surface area contributed by atoms with Gasteiger partial charge in [0.25, 0.3) is 0 Å². The van der Waals surface area contributed by atoms with E-state index in [4.69, 9.17) is 5.11 Å². The van der Waals surface area contributed by atoms with Gasteiger partial charge in [-0.05, 0) is 30.7 Å². The number of nitrogens with one attached hydrogen (secondary N) is 1. The van der Waals surface area contributed by atoms with E-state index < -0.39 is 5.97 Å². The first-order valence-electron chi connectivity index (χ1n) is 5.47. The van der Waals surface area contributed by atoms with Gasteiger partial charge in [0, 0.05) is 6.54 Å². The Hall–Kier alpha value is -1.65. The fraction of sp³-hybridized carbons (Fsp3) is 0.545. The minimum Gasteiger partial charge on any atom is -0.478 e. The molecule has 0 amide bonds. The SMILES string of the molecule is CC(CNc1nnccc1C(=O)O)C1CC1. The van der Waals surface area contributed by atoms with E-state index in [0.29, 0.717) is 11.7 Å². The van der Waals surface area contributed by atoms with Crippen molar-refractivity contribution in [3.8, 4) is 0 Å². The fourth-order valence-corrected chi connectivity index (χ4v) is 1.72. The number of rotatable bonds is 5. The van der Waals surface area contributed by atoms with Crippen molar-refractivity contribution in [1.82, 2.24) is 10.2 Å². The quantitative estimate of drug-likeness (QED) is 0.790. The van der Waals surface area contributed by atoms with Crippen LogP contribution in [0.4, 0.5) is 5.82 Å². The van der Waals surface area contributed by atoms with Crippen LogP contribution >= 0.6 is 0 Å². The van der Waals surface area contributed by atoms with E-state index in [1.54, 1.807) is 0 Å². The van der Waals surface area contributed by atoms with Gasteiger partial charge in [0.15, 0.2) is 5.82 Å². The predicted molar refractivity (Wildman–Crippen MR) is 59.4 cm³/mol. The first kappa shape index (κ1) is 10.9. The van der Waals surface area contributed by atoms with Crippen molar-refractivity contribution in [3.05, 3.63) is 17.8 Å². The van der Waals surface area contributed by atoms with E-state index in [1.165, 1.54) is 25.1 Å². The summed E-state index contributed by atoms with van der Waals surface area (Å²) in [5, 5.41) is 19.5. The summed E-state index contributed by atoms with van der Waals surface area (Å²) in [6.07, 6.45) is 3.96. The van der Waals surface area contributed by atoms with Crippen molar-refractivity contribution in [1.29, 1.82) is 0 Å². The van der Waals surface area contributed by atoms with E-state index in [9.17, 15) is 4.79 Å². The highest BCUT2D eigenvalue weighted by atomic mass is 16.4. The fourth-order valence-electron chi connectivity index (χ4n) is 1.72. The van der Waals surface area contributed by atoms with Crippen LogP contribution in [-0.2, 0) is 0 Å². The number of anilines is 1. The molecule has 16 heavy (non-hydrogen) atoms. The number of hydrogen-bond donors (Lipinski definition) is 2. The molecule has 0 bridgehead atoms. The summed E-state index contributed by atoms with van der Waals surface area (Å²) >= 11 is 0. The molecule has 0 spiro atoms. The molecule has 1 aliphatic carbocycles. The average molecular weight is 221 g/mol. The first-order valence-corrected chi connectivity index (χ1v) is 5.47. The maximum atomic E-state index is 10.9. The summed E-state index contributed by atoms with van der Waals surface area (Å²) in [4.78, 5) is 10.9. The second-order valence-electron chi connectivity index (χ2n) is 4.29. The molecule has 0 aliphatic heterocycles. The number of hydrogen-bond acceptors (Lipinski definition) is 4. The molecule has 1 atom stereocenters. The molecule has 5 nitrogen and oxygen atoms in total. The van der Waals surface area contributed by atoms with Gasteiger partial charge < -0.3 is 10.4 Å². The molecule has 1 aliphatic rings. The van der Waals surface area contributed by atoms with E-state index in [2.05, 4.69) is 22.4 Å². The van der Waals surface area contributed by atoms with Crippen LogP contribution in [0.5, 0.6) is 0 Å². The van der Waals surface area contributed by atoms with Gasteiger partial charge in [0.05, 0.1) is 6.20 Å². The minimum absolute atomic E-state index is 0.179. The molecule has 1 heterocycles. The molecule has 1 fully saturated rings. The lowest BCUT2D eigenvalue weighted by Crippen LogP contribution is -2.16. The Morgan fingerprint density at radius 3 is 3.06 bits per heavy atom. The van der Waals surface area contributed by atoms with Crippen molar-refractivity contribution < 1.29 is 9.90 Å². The summed E-state index contributed by atoms with van der Waals surface area (Å²) in [7, 11) is 0. The van der Waals surface area contributed by atoms with Gasteiger partial charge in [-0.3, -0.25) is 0 Å². The highest BCUT2D eigenvalue weighted by molar-refractivity contribution is 5.92. The molecule has 0 aromatic carbocycles. The van der Waals surface area contributed by atoms with Gasteiger partial charge in [0.2, 0.25) is 0 Å². The molecule has 1 unspecified atom stereocenters. The summed E-state index contributed by atoms with van der Waals surface area (Å²) in [5.41, 5.74) is 0.179. The Morgan fingerprint density at radius 2 is 2.44 bits per heavy atom. The standard InChI is InChI=1S/C11H15N3O2/c1-7(8-2-3-8)6-12-10-9(11(15)16)4-5-13-14-10/h4-5,7-8H,2-3,6H2,1H3,(H,12,14)(H,15,16). The van der Waals surface area contributed by atoms with Crippen LogP contribution in [0.15, 0.2) is 12.3 Å². The molecule has 0 saturated heterocycles. The summed E-state index contributed by atoms with van der Waals surface area (Å²) < 4.78 is 0. The monoisotopic (exact) mass is 221 g/mol. The maximum absolute atomic E-state index is 10.9. The van der Waals surface area contributed by atoms with Crippen LogP contribution < -0.4 is 5.32 Å². The van der Waals surface area contributed by atoms with E-state index in [0.717, 1.165) is 12.5 Å². The van der Waals surface area contributed by atoms with Crippen LogP contribution in [0, 0.1) is 11.8 Å². The zero-order valence-electron chi connectivity index (χ0n) is 9.18. The number of aromatic nitrogens is 2. The van der Waals surface area contributed by atoms with Crippen molar-refractivity contribution in [2.45, 2.75) is 19.8 Å². The first-order chi connectivity index (χ1) is 7.68. The van der Waals surface area contributed by atoms with Crippen LogP contribution in [0.3, 0.4) is 0 Å². The smallest absolute Gasteiger partial charge is 0.339 e. The molecule has 2 rings (SSSR count). The molecule has 5 heteroatoms. The second kappa shape index (κ2) is 4.47. The van der Waals surface area contributed by atoms with Gasteiger partial charge in [-0.15, -0.1) is 5.10 Å². The third-order valence-electron chi connectivity index (χ3n) is 2.97. The van der Waals surface area contributed by atoms with Crippen LogP contribution in [0.25, 0.3) is 0 Å². The van der Waals surface area contributed by atoms with Gasteiger partial charge in [-0.1, -0.05) is 6.92 Å². The maximum Gasteiger partial charge on any atom is 0.339 e. The van der Waals surface area contributed by atoms with Gasteiger partial charge in [-0.25, -0.2) is 4.79 Å². The lowest BCUT2D eigenvalue weighted by Gasteiger charge is -2.12. The number of aromatic carboxylic acids is 1. The molecule has 86 valence electrons. The molecular formula is C11H15N3O2. The highest BCUT2D eigenvalue weighted by Gasteiger charge is 2.27. The Balaban J connectivity index is 1.99. The van der Waals surface area contributed by atoms with Gasteiger partial charge in [-0.2, -0.15) is 5.10 Å². The molecular weight excluding hydrogens is 206 g/mol. The van der Waals surface area contributed by atoms with Crippen molar-refractivity contribution in [3.63, 3.8) is 0 Å². The number of carboxylic acid groups (broad SMARTS) is 1. The van der Waals surface area contributed by atoms with Crippen molar-refractivity contribution in [2.75, 3.05) is 11.9 Å². The molecule has 1 saturated carbocycles. The number of carbonyl (C=O) groups is 1. The number of nitrogens with zero attached hydrogens (tertiary/aromatic N) is 2. The van der Waals surface area contributed by atoms with E-state index in [-0.39, 0.29) is 5.56 Å². The summed E-state index contributed by atoms with van der Waals surface area (Å²) in [5.74, 6) is 0.736. The summed E-state index contributed by atoms with van der Waals surface area (Å²) in [6.45, 7) is 2.92. The van der Waals surface area contributed by atoms with Crippen LogP contribution in [0.2, 0.25) is 0 Å². The highest BCUT2D eigenvalue weighted by Crippen LogP contribution is 2.36. The molecule has 0 radical (unpaired) electrons. The van der Waals surface area contributed by atoms with E-state index >= 15 is 0 Å². The number of carboxylic acids is 1. The average Bonchev–Trinajstić information content (AvgIpc) is 3.10. The lowest BCUT2D eigenvalue weighted by molar-refractivity contribution is 0.0697. The second-order valence-corrected chi connectivity index (χ2v) is 4.29. The lowest BCUT2D eigenvalue weighted by atomic mass is 10.1. The van der Waals surface area contributed by atoms with Gasteiger partial charge in [0.1, 0.15) is 5.56 Å². The Kier molecular flexibility index (Phi) is 3.03. The molecule has 1 aromatic heterocycles. The molecule has 2 N–H and O–H groups in total. The normalized spacial score (nSPS) is 16.8. The van der Waals surface area contributed by atoms with Gasteiger partial charge >= 0.3 is 5.97 Å². The summed E-state index contributed by atoms with van der Waals surface area (Å²) in [6, 6.07) is 1.46. The Labute approximate surface area is 93.9 Å². The van der Waals surface area contributed by atoms with E-state index in [1.807, 2.05) is 0 Å². The topological polar surface area (TPSA) is 75.1 Å². The van der Waals surface area contributed by atoms with Crippen molar-refractivity contribution in [2.24, 2.45) is 11.8 Å². The Morgan fingerprint density at radius 1 is 1.69 bits per heavy atom. The van der Waals surface area contributed by atoms with Crippen LogP contribution in [-0.4, -0.2) is 27.8 Å². The largest absolute Gasteiger partial charge is 0.478 e. The minimum atomic E-state index is -0.975. The third kappa shape index (κ3) is 2.48. The van der Waals surface area contributed by atoms with Crippen LogP contribution in [0.1, 0.15) is 30.1 Å². The van der Waals surface area contributed by atoms with Crippen molar-refractivity contribution >= 4 is 11.8 Å². The Bertz CT molecular complexity index is 391.